The van der Waals surface area contributed by atoms with E-state index in [1.807, 2.05) is 0 Å². The van der Waals surface area contributed by atoms with Crippen molar-refractivity contribution in [2.75, 3.05) is 0 Å². The molecule has 0 unspecified atom stereocenters. The van der Waals surface area contributed by atoms with Gasteiger partial charge in [0.25, 0.3) is 0 Å². The molecule has 0 aliphatic heterocycles. The molecule has 1 aliphatic rings. The highest BCUT2D eigenvalue weighted by atomic mass is 79.9. The zero-order valence-corrected chi connectivity index (χ0v) is 11.2. The van der Waals surface area contributed by atoms with Gasteiger partial charge < -0.3 is 5.32 Å². The van der Waals surface area contributed by atoms with Gasteiger partial charge in [-0.1, -0.05) is 5.21 Å². The highest BCUT2D eigenvalue weighted by Gasteiger charge is 2.21. The summed E-state index contributed by atoms with van der Waals surface area (Å²) in [7, 11) is 0. The van der Waals surface area contributed by atoms with Gasteiger partial charge in [0.05, 0.1) is 17.6 Å². The number of hydrogen-bond donors (Lipinski definition) is 1. The Labute approximate surface area is 112 Å². The van der Waals surface area contributed by atoms with Gasteiger partial charge in [0.2, 0.25) is 0 Å². The van der Waals surface area contributed by atoms with Crippen molar-refractivity contribution in [1.29, 1.82) is 0 Å². The molecule has 1 saturated carbocycles. The molecule has 94 valence electrons. The maximum Gasteiger partial charge on any atom is 0.125 e. The van der Waals surface area contributed by atoms with Crippen LogP contribution in [-0.2, 0) is 6.54 Å². The van der Waals surface area contributed by atoms with Gasteiger partial charge in [-0.25, -0.2) is 9.07 Å². The van der Waals surface area contributed by atoms with Crippen molar-refractivity contribution in [1.82, 2.24) is 20.3 Å². The molecule has 1 aromatic carbocycles. The summed E-state index contributed by atoms with van der Waals surface area (Å²) in [5.41, 5.74) is 1.59. The summed E-state index contributed by atoms with van der Waals surface area (Å²) in [4.78, 5) is 0. The smallest absolute Gasteiger partial charge is 0.125 e. The molecule has 0 radical (unpaired) electrons. The van der Waals surface area contributed by atoms with Gasteiger partial charge in [0.1, 0.15) is 5.82 Å². The van der Waals surface area contributed by atoms with Crippen molar-refractivity contribution in [3.8, 4) is 5.69 Å². The second-order valence-corrected chi connectivity index (χ2v) is 5.24. The van der Waals surface area contributed by atoms with Gasteiger partial charge in [-0.3, -0.25) is 0 Å². The van der Waals surface area contributed by atoms with E-state index in [0.717, 1.165) is 10.2 Å². The van der Waals surface area contributed by atoms with Crippen molar-refractivity contribution in [2.24, 2.45) is 0 Å². The first-order chi connectivity index (χ1) is 8.74. The first-order valence-corrected chi connectivity index (χ1v) is 6.62. The van der Waals surface area contributed by atoms with Crippen molar-refractivity contribution in [2.45, 2.75) is 25.4 Å². The molecule has 0 bridgehead atoms. The highest BCUT2D eigenvalue weighted by Crippen LogP contribution is 2.23. The summed E-state index contributed by atoms with van der Waals surface area (Å²) >= 11 is 3.40. The molecule has 1 fully saturated rings. The number of benzene rings is 1. The highest BCUT2D eigenvalue weighted by molar-refractivity contribution is 9.10. The third kappa shape index (κ3) is 2.44. The summed E-state index contributed by atoms with van der Waals surface area (Å²) in [6.07, 6.45) is 4.16. The van der Waals surface area contributed by atoms with Crippen LogP contribution in [0.15, 0.2) is 28.9 Å². The molecule has 0 amide bonds. The van der Waals surface area contributed by atoms with Crippen LogP contribution in [0.1, 0.15) is 18.5 Å². The van der Waals surface area contributed by atoms with Crippen LogP contribution in [0.2, 0.25) is 0 Å². The summed E-state index contributed by atoms with van der Waals surface area (Å²) in [5.74, 6) is -0.287. The van der Waals surface area contributed by atoms with E-state index in [0.29, 0.717) is 18.3 Å². The van der Waals surface area contributed by atoms with Crippen LogP contribution in [0.5, 0.6) is 0 Å². The molecule has 18 heavy (non-hydrogen) atoms. The molecule has 2 aromatic rings. The summed E-state index contributed by atoms with van der Waals surface area (Å²) in [5, 5.41) is 11.3. The molecule has 0 spiro atoms. The average Bonchev–Trinajstić information content (AvgIpc) is 3.08. The van der Waals surface area contributed by atoms with Gasteiger partial charge in [-0.15, -0.1) is 5.10 Å². The Morgan fingerprint density at radius 1 is 1.44 bits per heavy atom. The monoisotopic (exact) mass is 310 g/mol. The van der Waals surface area contributed by atoms with Gasteiger partial charge in [-0.2, -0.15) is 0 Å². The van der Waals surface area contributed by atoms with Crippen LogP contribution in [0, 0.1) is 5.82 Å². The lowest BCUT2D eigenvalue weighted by molar-refractivity contribution is 0.618. The van der Waals surface area contributed by atoms with E-state index in [1.165, 1.54) is 25.0 Å². The Morgan fingerprint density at radius 3 is 3.06 bits per heavy atom. The van der Waals surface area contributed by atoms with Gasteiger partial charge in [-0.05, 0) is 40.9 Å². The Kier molecular flexibility index (Phi) is 3.13. The van der Waals surface area contributed by atoms with E-state index in [4.69, 9.17) is 0 Å². The van der Waals surface area contributed by atoms with E-state index in [9.17, 15) is 4.39 Å². The lowest BCUT2D eigenvalue weighted by Crippen LogP contribution is -2.18. The first-order valence-electron chi connectivity index (χ1n) is 5.82. The molecule has 1 heterocycles. The number of nitrogens with one attached hydrogen (secondary N) is 1. The molecule has 0 atom stereocenters. The largest absolute Gasteiger partial charge is 0.308 e. The van der Waals surface area contributed by atoms with E-state index in [1.54, 1.807) is 16.9 Å². The van der Waals surface area contributed by atoms with Crippen LogP contribution in [-0.4, -0.2) is 21.0 Å². The summed E-state index contributed by atoms with van der Waals surface area (Å²) in [6.45, 7) is 0.695. The van der Waals surface area contributed by atoms with E-state index >= 15 is 0 Å². The van der Waals surface area contributed by atoms with Crippen molar-refractivity contribution >= 4 is 15.9 Å². The number of nitrogens with zero attached hydrogens (tertiary/aromatic N) is 3. The zero-order chi connectivity index (χ0) is 12.5. The van der Waals surface area contributed by atoms with Crippen LogP contribution >= 0.6 is 15.9 Å². The van der Waals surface area contributed by atoms with Gasteiger partial charge in [0.15, 0.2) is 0 Å². The van der Waals surface area contributed by atoms with Crippen molar-refractivity contribution in [3.63, 3.8) is 0 Å². The second-order valence-electron chi connectivity index (χ2n) is 4.39. The standard InChI is InChI=1S/C12H12BrFN4/c13-11-4-1-8(14)5-12(11)18-10(7-16-17-18)6-15-9-2-3-9/h1,4-5,7,9,15H,2-3,6H2. The maximum absolute atomic E-state index is 13.3. The third-order valence-electron chi connectivity index (χ3n) is 2.91. The minimum absolute atomic E-state index is 0.287. The van der Waals surface area contributed by atoms with E-state index in [-0.39, 0.29) is 5.82 Å². The lowest BCUT2D eigenvalue weighted by atomic mass is 10.3. The fourth-order valence-corrected chi connectivity index (χ4v) is 2.18. The Morgan fingerprint density at radius 2 is 2.28 bits per heavy atom. The van der Waals surface area contributed by atoms with Crippen LogP contribution in [0.3, 0.4) is 0 Å². The normalized spacial score (nSPS) is 15.0. The molecule has 1 N–H and O–H groups in total. The Balaban J connectivity index is 1.90. The van der Waals surface area contributed by atoms with E-state index < -0.39 is 0 Å². The zero-order valence-electron chi connectivity index (χ0n) is 9.61. The first kappa shape index (κ1) is 11.8. The second kappa shape index (κ2) is 4.78. The number of rotatable bonds is 4. The molecular formula is C12H12BrFN4. The summed E-state index contributed by atoms with van der Waals surface area (Å²) < 4.78 is 15.7. The van der Waals surface area contributed by atoms with Crippen LogP contribution in [0.25, 0.3) is 5.69 Å². The molecule has 3 rings (SSSR count). The molecule has 1 aromatic heterocycles. The average molecular weight is 311 g/mol. The topological polar surface area (TPSA) is 42.7 Å². The quantitative estimate of drug-likeness (QED) is 0.943. The minimum atomic E-state index is -0.287. The Bertz CT molecular complexity index is 565. The molecule has 6 heteroatoms. The number of aromatic nitrogens is 3. The fraction of sp³-hybridized carbons (Fsp3) is 0.333. The SMILES string of the molecule is Fc1ccc(Br)c(-n2nncc2CNC2CC2)c1. The number of hydrogen-bond acceptors (Lipinski definition) is 3. The summed E-state index contributed by atoms with van der Waals surface area (Å²) in [6, 6.07) is 5.14. The third-order valence-corrected chi connectivity index (χ3v) is 3.58. The number of halogens is 2. The Hall–Kier alpha value is -1.27. The van der Waals surface area contributed by atoms with E-state index in [2.05, 4.69) is 31.6 Å². The molecular weight excluding hydrogens is 299 g/mol. The maximum atomic E-state index is 13.3. The minimum Gasteiger partial charge on any atom is -0.308 e. The lowest BCUT2D eigenvalue weighted by Gasteiger charge is -2.08. The van der Waals surface area contributed by atoms with Crippen molar-refractivity contribution < 1.29 is 4.39 Å². The predicted molar refractivity (Wildman–Crippen MR) is 68.9 cm³/mol. The van der Waals surface area contributed by atoms with Crippen LogP contribution < -0.4 is 5.32 Å². The van der Waals surface area contributed by atoms with Gasteiger partial charge in [0, 0.05) is 23.1 Å². The molecule has 1 aliphatic carbocycles. The molecule has 4 nitrogen and oxygen atoms in total. The van der Waals surface area contributed by atoms with Gasteiger partial charge >= 0.3 is 0 Å². The van der Waals surface area contributed by atoms with Crippen molar-refractivity contribution in [3.05, 3.63) is 40.4 Å². The van der Waals surface area contributed by atoms with Crippen LogP contribution in [0.4, 0.5) is 4.39 Å². The predicted octanol–water partition coefficient (Wildman–Crippen LogP) is 2.42. The fourth-order valence-electron chi connectivity index (χ4n) is 1.76. The molecule has 0 saturated heterocycles.